The van der Waals surface area contributed by atoms with Gasteiger partial charge in [-0.3, -0.25) is 9.48 Å². The molecule has 22 heavy (non-hydrogen) atoms. The third-order valence-electron chi connectivity index (χ3n) is 3.07. The predicted molar refractivity (Wildman–Crippen MR) is 88.0 cm³/mol. The first-order valence-electron chi connectivity index (χ1n) is 6.84. The molecular weight excluding hydrogens is 304 g/mol. The molecule has 0 fully saturated rings. The van der Waals surface area contributed by atoms with Gasteiger partial charge in [0.2, 0.25) is 5.91 Å². The van der Waals surface area contributed by atoms with Gasteiger partial charge in [0.25, 0.3) is 0 Å². The number of aromatic nitrogens is 2. The molecule has 7 heteroatoms. The number of nitrogens with zero attached hydrogens (tertiary/aromatic N) is 2. The van der Waals surface area contributed by atoms with Crippen LogP contribution in [0.4, 0.5) is 5.82 Å². The highest BCUT2D eigenvalue weighted by Crippen LogP contribution is 2.12. The lowest BCUT2D eigenvalue weighted by Gasteiger charge is -2.10. The van der Waals surface area contributed by atoms with Crippen molar-refractivity contribution in [1.29, 1.82) is 0 Å². The molecule has 1 heterocycles. The largest absolute Gasteiger partial charge is 0.385 e. The van der Waals surface area contributed by atoms with Crippen molar-refractivity contribution in [1.82, 2.24) is 9.78 Å². The number of hydrogen-bond donors (Lipinski definition) is 2. The Bertz CT molecular complexity index is 574. The summed E-state index contributed by atoms with van der Waals surface area (Å²) in [5, 5.41) is 7.00. The minimum absolute atomic E-state index is 0. The van der Waals surface area contributed by atoms with Crippen LogP contribution in [0.3, 0.4) is 0 Å². The van der Waals surface area contributed by atoms with E-state index in [1.54, 1.807) is 17.9 Å². The van der Waals surface area contributed by atoms with E-state index in [9.17, 15) is 4.79 Å². The van der Waals surface area contributed by atoms with Crippen molar-refractivity contribution in [2.45, 2.75) is 19.0 Å². The summed E-state index contributed by atoms with van der Waals surface area (Å²) >= 11 is 0. The fraction of sp³-hybridized carbons (Fsp3) is 0.333. The number of rotatable bonds is 7. The fourth-order valence-corrected chi connectivity index (χ4v) is 1.94. The van der Waals surface area contributed by atoms with Gasteiger partial charge in [0.15, 0.2) is 5.82 Å². The van der Waals surface area contributed by atoms with E-state index >= 15 is 0 Å². The SMILES string of the molecule is COCCCn1ccc(NC(=O)C(N)c2ccccc2)n1.Cl. The highest BCUT2D eigenvalue weighted by Gasteiger charge is 2.16. The highest BCUT2D eigenvalue weighted by molar-refractivity contribution is 5.94. The maximum absolute atomic E-state index is 12.1. The number of hydrogen-bond acceptors (Lipinski definition) is 4. The van der Waals surface area contributed by atoms with E-state index in [1.165, 1.54) is 0 Å². The van der Waals surface area contributed by atoms with Crippen LogP contribution in [0, 0.1) is 0 Å². The van der Waals surface area contributed by atoms with Crippen molar-refractivity contribution in [2.24, 2.45) is 5.73 Å². The van der Waals surface area contributed by atoms with Gasteiger partial charge in [-0.05, 0) is 12.0 Å². The molecule has 2 rings (SSSR count). The molecule has 0 aliphatic rings. The van der Waals surface area contributed by atoms with Crippen LogP contribution in [0.5, 0.6) is 0 Å². The van der Waals surface area contributed by atoms with Gasteiger partial charge in [-0.2, -0.15) is 5.10 Å². The van der Waals surface area contributed by atoms with Crippen LogP contribution in [0.15, 0.2) is 42.6 Å². The summed E-state index contributed by atoms with van der Waals surface area (Å²) in [5.74, 6) is 0.229. The zero-order valence-corrected chi connectivity index (χ0v) is 13.3. The Hall–Kier alpha value is -1.89. The second-order valence-electron chi connectivity index (χ2n) is 4.69. The number of carbonyl (C=O) groups excluding carboxylic acids is 1. The van der Waals surface area contributed by atoms with Crippen LogP contribution in [-0.4, -0.2) is 29.4 Å². The predicted octanol–water partition coefficient (Wildman–Crippen LogP) is 1.98. The van der Waals surface area contributed by atoms with Crippen LogP contribution < -0.4 is 11.1 Å². The summed E-state index contributed by atoms with van der Waals surface area (Å²) in [6.07, 6.45) is 2.69. The molecule has 0 aliphatic carbocycles. The van der Waals surface area contributed by atoms with Crippen LogP contribution in [0.1, 0.15) is 18.0 Å². The first kappa shape index (κ1) is 18.2. The number of benzene rings is 1. The molecule has 2 aromatic rings. The lowest BCUT2D eigenvalue weighted by atomic mass is 10.1. The molecule has 0 spiro atoms. The molecule has 0 saturated carbocycles. The minimum atomic E-state index is -0.704. The summed E-state index contributed by atoms with van der Waals surface area (Å²) in [6.45, 7) is 1.43. The number of methoxy groups -OCH3 is 1. The Morgan fingerprint density at radius 1 is 1.36 bits per heavy atom. The average Bonchev–Trinajstić information content (AvgIpc) is 2.95. The van der Waals surface area contributed by atoms with Crippen molar-refractivity contribution < 1.29 is 9.53 Å². The third-order valence-corrected chi connectivity index (χ3v) is 3.07. The first-order chi connectivity index (χ1) is 10.2. The Labute approximate surface area is 136 Å². The van der Waals surface area contributed by atoms with E-state index in [-0.39, 0.29) is 18.3 Å². The van der Waals surface area contributed by atoms with Crippen LogP contribution >= 0.6 is 12.4 Å². The molecule has 0 bridgehead atoms. The summed E-state index contributed by atoms with van der Waals surface area (Å²) in [7, 11) is 1.67. The van der Waals surface area contributed by atoms with E-state index < -0.39 is 6.04 Å². The number of ether oxygens (including phenoxy) is 1. The number of amides is 1. The zero-order valence-electron chi connectivity index (χ0n) is 12.4. The summed E-state index contributed by atoms with van der Waals surface area (Å²) in [5.41, 5.74) is 6.70. The molecule has 1 amide bonds. The molecule has 6 nitrogen and oxygen atoms in total. The summed E-state index contributed by atoms with van der Waals surface area (Å²) < 4.78 is 6.75. The maximum Gasteiger partial charge on any atom is 0.247 e. The molecule has 1 atom stereocenters. The standard InChI is InChI=1S/C15H20N4O2.ClH/c1-21-11-5-9-19-10-8-13(18-19)17-15(20)14(16)12-6-3-2-4-7-12;/h2-4,6-8,10,14H,5,9,11,16H2,1H3,(H,17,18,20);1H. The topological polar surface area (TPSA) is 82.2 Å². The Morgan fingerprint density at radius 2 is 2.09 bits per heavy atom. The van der Waals surface area contributed by atoms with Crippen molar-refractivity contribution in [2.75, 3.05) is 19.0 Å². The van der Waals surface area contributed by atoms with E-state index in [1.807, 2.05) is 36.5 Å². The normalized spacial score (nSPS) is 11.5. The molecule has 0 aliphatic heterocycles. The number of halogens is 1. The molecule has 0 saturated heterocycles. The first-order valence-corrected chi connectivity index (χ1v) is 6.84. The van der Waals surface area contributed by atoms with Gasteiger partial charge in [0.1, 0.15) is 6.04 Å². The quantitative estimate of drug-likeness (QED) is 0.763. The molecule has 1 aromatic heterocycles. The minimum Gasteiger partial charge on any atom is -0.385 e. The highest BCUT2D eigenvalue weighted by atomic mass is 35.5. The smallest absolute Gasteiger partial charge is 0.247 e. The van der Waals surface area contributed by atoms with Gasteiger partial charge >= 0.3 is 0 Å². The van der Waals surface area contributed by atoms with Gasteiger partial charge in [0.05, 0.1) is 0 Å². The van der Waals surface area contributed by atoms with E-state index in [0.717, 1.165) is 18.5 Å². The van der Waals surface area contributed by atoms with E-state index in [0.29, 0.717) is 12.4 Å². The maximum atomic E-state index is 12.1. The lowest BCUT2D eigenvalue weighted by molar-refractivity contribution is -0.117. The van der Waals surface area contributed by atoms with Gasteiger partial charge in [-0.15, -0.1) is 12.4 Å². The van der Waals surface area contributed by atoms with E-state index in [2.05, 4.69) is 10.4 Å². The van der Waals surface area contributed by atoms with Crippen molar-refractivity contribution in [3.05, 3.63) is 48.2 Å². The monoisotopic (exact) mass is 324 g/mol. The second-order valence-corrected chi connectivity index (χ2v) is 4.69. The van der Waals surface area contributed by atoms with Crippen LogP contribution in [0.25, 0.3) is 0 Å². The van der Waals surface area contributed by atoms with Gasteiger partial charge in [-0.1, -0.05) is 30.3 Å². The average molecular weight is 325 g/mol. The number of carbonyl (C=O) groups is 1. The molecular formula is C15H21ClN4O2. The van der Waals surface area contributed by atoms with Crippen molar-refractivity contribution >= 4 is 24.1 Å². The Balaban J connectivity index is 0.00000242. The second kappa shape index (κ2) is 9.19. The van der Waals surface area contributed by atoms with Gasteiger partial charge < -0.3 is 15.8 Å². The number of nitrogens with two attached hydrogens (primary N) is 1. The van der Waals surface area contributed by atoms with Crippen LogP contribution in [-0.2, 0) is 16.1 Å². The zero-order chi connectivity index (χ0) is 15.1. The molecule has 3 N–H and O–H groups in total. The van der Waals surface area contributed by atoms with Gasteiger partial charge in [0, 0.05) is 32.5 Å². The van der Waals surface area contributed by atoms with E-state index in [4.69, 9.17) is 10.5 Å². The number of anilines is 1. The number of aryl methyl sites for hydroxylation is 1. The van der Waals surface area contributed by atoms with Crippen molar-refractivity contribution in [3.63, 3.8) is 0 Å². The fourth-order valence-electron chi connectivity index (χ4n) is 1.94. The van der Waals surface area contributed by atoms with Gasteiger partial charge in [-0.25, -0.2) is 0 Å². The third kappa shape index (κ3) is 5.14. The Kier molecular flexibility index (Phi) is 7.59. The molecule has 0 radical (unpaired) electrons. The Morgan fingerprint density at radius 3 is 2.77 bits per heavy atom. The van der Waals surface area contributed by atoms with Crippen LogP contribution in [0.2, 0.25) is 0 Å². The summed E-state index contributed by atoms with van der Waals surface area (Å²) in [4.78, 5) is 12.1. The molecule has 1 unspecified atom stereocenters. The molecule has 1 aromatic carbocycles. The number of nitrogens with one attached hydrogen (secondary N) is 1. The molecule has 120 valence electrons. The summed E-state index contributed by atoms with van der Waals surface area (Å²) in [6, 6.07) is 10.3. The lowest BCUT2D eigenvalue weighted by Crippen LogP contribution is -2.27. The van der Waals surface area contributed by atoms with Crippen molar-refractivity contribution in [3.8, 4) is 0 Å².